The fourth-order valence-electron chi connectivity index (χ4n) is 3.07. The van der Waals surface area contributed by atoms with E-state index in [1.807, 2.05) is 12.1 Å². The summed E-state index contributed by atoms with van der Waals surface area (Å²) in [6.07, 6.45) is 4.61. The maximum Gasteiger partial charge on any atom is 0.534 e. The zero-order valence-electron chi connectivity index (χ0n) is 15.9. The fourth-order valence-corrected chi connectivity index (χ4v) is 3.52. The number of benzene rings is 3. The summed E-state index contributed by atoms with van der Waals surface area (Å²) in [7, 11) is -5.68. The van der Waals surface area contributed by atoms with Gasteiger partial charge in [-0.1, -0.05) is 62.2 Å². The third-order valence-corrected chi connectivity index (χ3v) is 5.64. The molecule has 0 saturated carbocycles. The molecule has 0 bridgehead atoms. The van der Waals surface area contributed by atoms with Crippen LogP contribution in [0.4, 0.5) is 13.2 Å². The molecule has 3 aromatic carbocycles. The van der Waals surface area contributed by atoms with Gasteiger partial charge >= 0.3 is 15.6 Å². The van der Waals surface area contributed by atoms with Crippen molar-refractivity contribution in [1.82, 2.24) is 0 Å². The Morgan fingerprint density at radius 1 is 0.828 bits per heavy atom. The number of aryl methyl sites for hydroxylation is 1. The number of hydrogen-bond donors (Lipinski definition) is 0. The molecule has 154 valence electrons. The molecule has 0 spiro atoms. The van der Waals surface area contributed by atoms with Crippen molar-refractivity contribution < 1.29 is 25.8 Å². The molecule has 0 aliphatic rings. The molecule has 7 heteroatoms. The Labute approximate surface area is 168 Å². The van der Waals surface area contributed by atoms with Gasteiger partial charge in [0.15, 0.2) is 0 Å². The predicted octanol–water partition coefficient (Wildman–Crippen LogP) is 6.47. The second-order valence-electron chi connectivity index (χ2n) is 6.86. The first-order valence-corrected chi connectivity index (χ1v) is 10.7. The maximum atomic E-state index is 12.5. The molecule has 0 unspecified atom stereocenters. The van der Waals surface area contributed by atoms with Gasteiger partial charge < -0.3 is 4.18 Å². The van der Waals surface area contributed by atoms with Crippen LogP contribution in [0.5, 0.6) is 5.75 Å². The number of unbranched alkanes of at least 4 members (excludes halogenated alkanes) is 2. The molecule has 0 aliphatic carbocycles. The SMILES string of the molecule is CCCCCc1ccc(-c2ccc3cc(OS(=O)(=O)C(F)(F)F)ccc3c2)cc1. The van der Waals surface area contributed by atoms with Crippen molar-refractivity contribution in [3.63, 3.8) is 0 Å². The zero-order valence-corrected chi connectivity index (χ0v) is 16.7. The Morgan fingerprint density at radius 2 is 1.45 bits per heavy atom. The first-order chi connectivity index (χ1) is 13.7. The van der Waals surface area contributed by atoms with E-state index in [2.05, 4.69) is 35.4 Å². The lowest BCUT2D eigenvalue weighted by Gasteiger charge is -2.10. The number of hydrogen-bond acceptors (Lipinski definition) is 3. The quantitative estimate of drug-likeness (QED) is 0.249. The summed E-state index contributed by atoms with van der Waals surface area (Å²) in [6.45, 7) is 2.17. The number of fused-ring (bicyclic) bond motifs is 1. The zero-order chi connectivity index (χ0) is 21.1. The summed E-state index contributed by atoms with van der Waals surface area (Å²) in [5, 5.41) is 1.35. The van der Waals surface area contributed by atoms with Gasteiger partial charge in [-0.2, -0.15) is 21.6 Å². The second-order valence-corrected chi connectivity index (χ2v) is 8.40. The minimum Gasteiger partial charge on any atom is -0.376 e. The second kappa shape index (κ2) is 8.45. The van der Waals surface area contributed by atoms with Crippen LogP contribution in [-0.2, 0) is 16.5 Å². The molecule has 0 atom stereocenters. The largest absolute Gasteiger partial charge is 0.534 e. The Bertz CT molecular complexity index is 1090. The van der Waals surface area contributed by atoms with E-state index in [1.165, 1.54) is 37.0 Å². The van der Waals surface area contributed by atoms with E-state index in [9.17, 15) is 21.6 Å². The smallest absolute Gasteiger partial charge is 0.376 e. The van der Waals surface area contributed by atoms with Gasteiger partial charge in [0.2, 0.25) is 0 Å². The van der Waals surface area contributed by atoms with Crippen LogP contribution in [0, 0.1) is 0 Å². The van der Waals surface area contributed by atoms with Gasteiger partial charge in [-0.15, -0.1) is 0 Å². The summed E-state index contributed by atoms with van der Waals surface area (Å²) >= 11 is 0. The Hall–Kier alpha value is -2.54. The van der Waals surface area contributed by atoms with Gasteiger partial charge in [0.05, 0.1) is 0 Å². The van der Waals surface area contributed by atoms with Crippen molar-refractivity contribution in [2.45, 2.75) is 38.1 Å². The normalized spacial score (nSPS) is 12.3. The third-order valence-electron chi connectivity index (χ3n) is 4.66. The monoisotopic (exact) mass is 422 g/mol. The fraction of sp³-hybridized carbons (Fsp3) is 0.273. The van der Waals surface area contributed by atoms with E-state index >= 15 is 0 Å². The Kier molecular flexibility index (Phi) is 6.17. The molecule has 0 fully saturated rings. The molecule has 3 nitrogen and oxygen atoms in total. The lowest BCUT2D eigenvalue weighted by molar-refractivity contribution is -0.0500. The van der Waals surface area contributed by atoms with Crippen LogP contribution in [0.2, 0.25) is 0 Å². The van der Waals surface area contributed by atoms with Crippen LogP contribution in [0.1, 0.15) is 31.7 Å². The van der Waals surface area contributed by atoms with E-state index in [0.29, 0.717) is 5.39 Å². The third kappa shape index (κ3) is 5.09. The molecule has 0 aromatic heterocycles. The highest BCUT2D eigenvalue weighted by molar-refractivity contribution is 7.88. The average molecular weight is 422 g/mol. The van der Waals surface area contributed by atoms with Gasteiger partial charge in [-0.25, -0.2) is 0 Å². The molecular formula is C22H21F3O3S. The molecule has 3 rings (SSSR count). The van der Waals surface area contributed by atoms with Gasteiger partial charge in [-0.3, -0.25) is 0 Å². The summed E-state index contributed by atoms with van der Waals surface area (Å²) in [5.41, 5.74) is -2.18. The summed E-state index contributed by atoms with van der Waals surface area (Å²) in [6, 6.07) is 17.8. The highest BCUT2D eigenvalue weighted by Crippen LogP contribution is 2.31. The van der Waals surface area contributed by atoms with Crippen molar-refractivity contribution in [3.8, 4) is 16.9 Å². The van der Waals surface area contributed by atoms with Crippen molar-refractivity contribution in [3.05, 3.63) is 66.2 Å². The lowest BCUT2D eigenvalue weighted by atomic mass is 9.99. The van der Waals surface area contributed by atoms with Crippen molar-refractivity contribution in [2.24, 2.45) is 0 Å². The standard InChI is InChI=1S/C22H21F3O3S/c1-2-3-4-5-16-6-8-17(9-7-16)18-10-11-20-15-21(13-12-19(20)14-18)28-29(26,27)22(23,24)25/h6-15H,2-5H2,1H3. The topological polar surface area (TPSA) is 43.4 Å². The van der Waals surface area contributed by atoms with E-state index < -0.39 is 15.6 Å². The van der Waals surface area contributed by atoms with Gasteiger partial charge in [0.1, 0.15) is 5.75 Å². The van der Waals surface area contributed by atoms with E-state index in [1.54, 1.807) is 12.1 Å². The van der Waals surface area contributed by atoms with Gasteiger partial charge in [-0.05, 0) is 58.5 Å². The van der Waals surface area contributed by atoms with Crippen LogP contribution in [0.15, 0.2) is 60.7 Å². The van der Waals surface area contributed by atoms with Crippen LogP contribution in [-0.4, -0.2) is 13.9 Å². The molecule has 0 saturated heterocycles. The highest BCUT2D eigenvalue weighted by Gasteiger charge is 2.48. The molecule has 0 aliphatic heterocycles. The minimum absolute atomic E-state index is 0.376. The van der Waals surface area contributed by atoms with Crippen LogP contribution < -0.4 is 4.18 Å². The Balaban J connectivity index is 1.81. The molecule has 29 heavy (non-hydrogen) atoms. The highest BCUT2D eigenvalue weighted by atomic mass is 32.2. The maximum absolute atomic E-state index is 12.5. The molecule has 0 N–H and O–H groups in total. The molecule has 3 aromatic rings. The molecular weight excluding hydrogens is 401 g/mol. The number of alkyl halides is 3. The predicted molar refractivity (Wildman–Crippen MR) is 108 cm³/mol. The molecule has 0 amide bonds. The summed E-state index contributed by atoms with van der Waals surface area (Å²) < 4.78 is 63.9. The van der Waals surface area contributed by atoms with E-state index in [4.69, 9.17) is 0 Å². The van der Waals surface area contributed by atoms with Crippen molar-refractivity contribution >= 4 is 20.9 Å². The number of halogens is 3. The first-order valence-electron chi connectivity index (χ1n) is 9.33. The lowest BCUT2D eigenvalue weighted by Crippen LogP contribution is -2.28. The number of rotatable bonds is 7. The van der Waals surface area contributed by atoms with Crippen LogP contribution >= 0.6 is 0 Å². The summed E-state index contributed by atoms with van der Waals surface area (Å²) in [4.78, 5) is 0. The average Bonchev–Trinajstić information content (AvgIpc) is 2.67. The van der Waals surface area contributed by atoms with Crippen molar-refractivity contribution in [2.75, 3.05) is 0 Å². The van der Waals surface area contributed by atoms with Crippen LogP contribution in [0.25, 0.3) is 21.9 Å². The molecule has 0 radical (unpaired) electrons. The van der Waals surface area contributed by atoms with E-state index in [-0.39, 0.29) is 5.75 Å². The first kappa shape index (κ1) is 21.2. The van der Waals surface area contributed by atoms with E-state index in [0.717, 1.165) is 22.9 Å². The Morgan fingerprint density at radius 3 is 2.10 bits per heavy atom. The van der Waals surface area contributed by atoms with Gasteiger partial charge in [0.25, 0.3) is 0 Å². The minimum atomic E-state index is -5.68. The van der Waals surface area contributed by atoms with Crippen LogP contribution in [0.3, 0.4) is 0 Å². The molecule has 0 heterocycles. The van der Waals surface area contributed by atoms with Gasteiger partial charge in [0, 0.05) is 0 Å². The summed E-state index contributed by atoms with van der Waals surface area (Å²) in [5.74, 6) is -0.376. The van der Waals surface area contributed by atoms with Crippen molar-refractivity contribution in [1.29, 1.82) is 0 Å².